The summed E-state index contributed by atoms with van der Waals surface area (Å²) < 4.78 is 17.3. The van der Waals surface area contributed by atoms with Crippen LogP contribution in [0.5, 0.6) is 0 Å². The van der Waals surface area contributed by atoms with Crippen molar-refractivity contribution >= 4 is 5.97 Å². The maximum absolute atomic E-state index is 11.6. The minimum absolute atomic E-state index is 0.0464. The van der Waals surface area contributed by atoms with Gasteiger partial charge in [-0.1, -0.05) is 44.8 Å². The van der Waals surface area contributed by atoms with E-state index in [0.717, 1.165) is 44.9 Å². The van der Waals surface area contributed by atoms with Crippen molar-refractivity contribution in [2.75, 3.05) is 13.2 Å². The molecule has 6 nitrogen and oxygen atoms in total. The summed E-state index contributed by atoms with van der Waals surface area (Å²) in [6.45, 7) is 7.22. The number of rotatable bonds is 16. The Kier molecular flexibility index (Phi) is 13.0. The van der Waals surface area contributed by atoms with Crippen molar-refractivity contribution in [1.82, 2.24) is 0 Å². The molecule has 0 unspecified atom stereocenters. The van der Waals surface area contributed by atoms with Gasteiger partial charge in [0.2, 0.25) is 0 Å². The Morgan fingerprint density at radius 1 is 1.00 bits per heavy atom. The van der Waals surface area contributed by atoms with Crippen molar-refractivity contribution < 1.29 is 29.2 Å². The Morgan fingerprint density at radius 3 is 2.39 bits per heavy atom. The van der Waals surface area contributed by atoms with Crippen molar-refractivity contribution in [3.8, 4) is 0 Å². The van der Waals surface area contributed by atoms with Crippen LogP contribution in [-0.4, -0.2) is 53.5 Å². The third-order valence-corrected chi connectivity index (χ3v) is 7.05. The summed E-state index contributed by atoms with van der Waals surface area (Å²) in [5.41, 5.74) is 0. The van der Waals surface area contributed by atoms with Gasteiger partial charge in [-0.15, -0.1) is 0 Å². The summed E-state index contributed by atoms with van der Waals surface area (Å²) in [4.78, 5) is 11.6. The van der Waals surface area contributed by atoms with Gasteiger partial charge in [0, 0.05) is 19.3 Å². The molecule has 1 aliphatic heterocycles. The van der Waals surface area contributed by atoms with E-state index >= 15 is 0 Å². The number of esters is 1. The number of ether oxygens (including phenoxy) is 3. The predicted octanol–water partition coefficient (Wildman–Crippen LogP) is 5.30. The average molecular weight is 469 g/mol. The van der Waals surface area contributed by atoms with Crippen LogP contribution in [0, 0.1) is 11.8 Å². The van der Waals surface area contributed by atoms with Gasteiger partial charge in [0.25, 0.3) is 0 Å². The minimum atomic E-state index is -0.509. The summed E-state index contributed by atoms with van der Waals surface area (Å²) in [7, 11) is 0. The Morgan fingerprint density at radius 2 is 1.70 bits per heavy atom. The Bertz CT molecular complexity index is 569. The van der Waals surface area contributed by atoms with E-state index < -0.39 is 18.0 Å². The van der Waals surface area contributed by atoms with Crippen molar-refractivity contribution in [2.45, 2.75) is 128 Å². The van der Waals surface area contributed by atoms with Crippen molar-refractivity contribution in [1.29, 1.82) is 0 Å². The SMILES string of the molecule is CCCCCCCC1(CC[C@@H]2[C@@H](C/C=C\CCCC(=O)OC(C)C)[C@@H](O)C[C@H]2O)OCCO1. The van der Waals surface area contributed by atoms with Crippen LogP contribution in [0.15, 0.2) is 12.2 Å². The molecule has 2 aliphatic rings. The molecule has 1 saturated carbocycles. The van der Waals surface area contributed by atoms with Gasteiger partial charge in [0.15, 0.2) is 5.79 Å². The molecule has 1 aliphatic carbocycles. The summed E-state index contributed by atoms with van der Waals surface area (Å²) in [5.74, 6) is -0.561. The lowest BCUT2D eigenvalue weighted by Crippen LogP contribution is -2.33. The number of allylic oxidation sites excluding steroid dienone is 2. The first-order valence-electron chi connectivity index (χ1n) is 13.4. The zero-order chi connectivity index (χ0) is 24.1. The molecule has 0 radical (unpaired) electrons. The molecule has 2 fully saturated rings. The van der Waals surface area contributed by atoms with Crippen LogP contribution in [0.1, 0.15) is 104 Å². The second-order valence-corrected chi connectivity index (χ2v) is 10.1. The van der Waals surface area contributed by atoms with Crippen LogP contribution in [0.4, 0.5) is 0 Å². The molecule has 0 amide bonds. The summed E-state index contributed by atoms with van der Waals surface area (Å²) in [5, 5.41) is 21.2. The van der Waals surface area contributed by atoms with Gasteiger partial charge in [0.1, 0.15) is 0 Å². The third kappa shape index (κ3) is 10.1. The highest BCUT2D eigenvalue weighted by atomic mass is 16.7. The molecular formula is C27H48O6. The minimum Gasteiger partial charge on any atom is -0.463 e. The molecule has 0 aromatic rings. The second-order valence-electron chi connectivity index (χ2n) is 10.1. The second kappa shape index (κ2) is 15.1. The van der Waals surface area contributed by atoms with Crippen LogP contribution < -0.4 is 0 Å². The lowest BCUT2D eigenvalue weighted by atomic mass is 9.85. The fourth-order valence-electron chi connectivity index (χ4n) is 5.26. The number of carbonyl (C=O) groups is 1. The van der Waals surface area contributed by atoms with Gasteiger partial charge in [-0.2, -0.15) is 0 Å². The van der Waals surface area contributed by atoms with Crippen LogP contribution >= 0.6 is 0 Å². The van der Waals surface area contributed by atoms with Gasteiger partial charge < -0.3 is 24.4 Å². The van der Waals surface area contributed by atoms with E-state index in [9.17, 15) is 15.0 Å². The van der Waals surface area contributed by atoms with Gasteiger partial charge in [-0.05, 0) is 64.2 Å². The first-order valence-corrected chi connectivity index (χ1v) is 13.4. The Labute approximate surface area is 201 Å². The van der Waals surface area contributed by atoms with E-state index in [4.69, 9.17) is 14.2 Å². The molecule has 0 bridgehead atoms. The lowest BCUT2D eigenvalue weighted by molar-refractivity contribution is -0.171. The molecule has 0 spiro atoms. The molecule has 2 N–H and O–H groups in total. The largest absolute Gasteiger partial charge is 0.463 e. The maximum Gasteiger partial charge on any atom is 0.306 e. The smallest absolute Gasteiger partial charge is 0.306 e. The monoisotopic (exact) mass is 468 g/mol. The van der Waals surface area contributed by atoms with Crippen molar-refractivity contribution in [3.63, 3.8) is 0 Å². The predicted molar refractivity (Wildman–Crippen MR) is 130 cm³/mol. The number of aliphatic hydroxyl groups excluding tert-OH is 2. The van der Waals surface area contributed by atoms with E-state index in [1.807, 2.05) is 13.8 Å². The number of aliphatic hydroxyl groups is 2. The molecular weight excluding hydrogens is 420 g/mol. The highest BCUT2D eigenvalue weighted by molar-refractivity contribution is 5.69. The third-order valence-electron chi connectivity index (χ3n) is 7.05. The van der Waals surface area contributed by atoms with Gasteiger partial charge >= 0.3 is 5.97 Å². The zero-order valence-corrected chi connectivity index (χ0v) is 21.2. The van der Waals surface area contributed by atoms with E-state index in [2.05, 4.69) is 19.1 Å². The lowest BCUT2D eigenvalue weighted by Gasteiger charge is -2.31. The molecule has 0 aromatic carbocycles. The molecule has 1 saturated heterocycles. The average Bonchev–Trinajstić information content (AvgIpc) is 3.33. The van der Waals surface area contributed by atoms with Crippen LogP contribution in [-0.2, 0) is 19.0 Å². The van der Waals surface area contributed by atoms with Crippen LogP contribution in [0.25, 0.3) is 0 Å². The molecule has 6 heteroatoms. The van der Waals surface area contributed by atoms with Crippen LogP contribution in [0.2, 0.25) is 0 Å². The van der Waals surface area contributed by atoms with Crippen molar-refractivity contribution in [3.05, 3.63) is 12.2 Å². The zero-order valence-electron chi connectivity index (χ0n) is 21.2. The maximum atomic E-state index is 11.6. The molecule has 33 heavy (non-hydrogen) atoms. The fraction of sp³-hybridized carbons (Fsp3) is 0.889. The molecule has 192 valence electrons. The van der Waals surface area contributed by atoms with E-state index in [0.29, 0.717) is 26.1 Å². The first kappa shape index (κ1) is 28.3. The van der Waals surface area contributed by atoms with Gasteiger partial charge in [-0.3, -0.25) is 4.79 Å². The fourth-order valence-corrected chi connectivity index (χ4v) is 5.26. The topological polar surface area (TPSA) is 85.2 Å². The summed E-state index contributed by atoms with van der Waals surface area (Å²) in [6.07, 6.45) is 14.9. The number of carbonyl (C=O) groups excluding carboxylic acids is 1. The standard InChI is InChI=1S/C27H48O6/c1-4-5-6-9-12-16-27(31-18-19-32-27)17-15-23-22(24(28)20-25(23)29)13-10-7-8-11-14-26(30)33-21(2)3/h7,10,21-25,28-29H,4-6,8-9,11-20H2,1-3H3/b10-7-/t22-,23-,24+,25-/m1/s1. The number of hydrogen-bond donors (Lipinski definition) is 2. The molecule has 0 aromatic heterocycles. The van der Waals surface area contributed by atoms with E-state index in [-0.39, 0.29) is 23.9 Å². The molecule has 2 rings (SSSR count). The quantitative estimate of drug-likeness (QED) is 0.182. The van der Waals surface area contributed by atoms with Gasteiger partial charge in [-0.25, -0.2) is 0 Å². The summed E-state index contributed by atoms with van der Waals surface area (Å²) >= 11 is 0. The Hall–Kier alpha value is -0.950. The van der Waals surface area contributed by atoms with E-state index in [1.54, 1.807) is 0 Å². The van der Waals surface area contributed by atoms with Crippen LogP contribution in [0.3, 0.4) is 0 Å². The highest BCUT2D eigenvalue weighted by Gasteiger charge is 2.43. The highest BCUT2D eigenvalue weighted by Crippen LogP contribution is 2.41. The molecule has 1 heterocycles. The van der Waals surface area contributed by atoms with E-state index in [1.165, 1.54) is 25.7 Å². The summed E-state index contributed by atoms with van der Waals surface area (Å²) in [6, 6.07) is 0. The molecule has 4 atom stereocenters. The number of hydrogen-bond acceptors (Lipinski definition) is 6. The van der Waals surface area contributed by atoms with Gasteiger partial charge in [0.05, 0.1) is 31.5 Å². The Balaban J connectivity index is 1.78. The first-order chi connectivity index (χ1) is 15.9. The normalized spacial score (nSPS) is 27.1. The number of unbranched alkanes of at least 4 members (excludes halogenated alkanes) is 5. The van der Waals surface area contributed by atoms with Crippen molar-refractivity contribution in [2.24, 2.45) is 11.8 Å².